The van der Waals surface area contributed by atoms with Crippen molar-refractivity contribution in [3.05, 3.63) is 59.7 Å². The number of rotatable bonds is 5. The summed E-state index contributed by atoms with van der Waals surface area (Å²) in [5.74, 6) is -1.68. The predicted molar refractivity (Wildman–Crippen MR) is 95.1 cm³/mol. The maximum atomic E-state index is 11.8. The van der Waals surface area contributed by atoms with Crippen LogP contribution in [0, 0.1) is 0 Å². The Balaban J connectivity index is 1.89. The van der Waals surface area contributed by atoms with Crippen LogP contribution in [0.5, 0.6) is 5.75 Å². The standard InChI is InChI=1S/C18H17N3O5/c1-25-15-5-3-4-14(10-15)20-16(22)17(23)21-19-11-12-6-8-13(9-7-12)18(24)26-2/h3-11H,1-2H3,(H,20,22)(H,21,23)/b19-11+. The molecule has 0 saturated carbocycles. The van der Waals surface area contributed by atoms with E-state index in [0.29, 0.717) is 22.6 Å². The largest absolute Gasteiger partial charge is 0.497 e. The highest BCUT2D eigenvalue weighted by atomic mass is 16.5. The topological polar surface area (TPSA) is 106 Å². The van der Waals surface area contributed by atoms with Gasteiger partial charge in [-0.2, -0.15) is 5.10 Å². The van der Waals surface area contributed by atoms with Crippen LogP contribution in [-0.4, -0.2) is 38.2 Å². The molecule has 8 nitrogen and oxygen atoms in total. The van der Waals surface area contributed by atoms with E-state index in [-0.39, 0.29) is 0 Å². The SMILES string of the molecule is COC(=O)c1ccc(/C=N/NC(=O)C(=O)Nc2cccc(OC)c2)cc1. The van der Waals surface area contributed by atoms with Crippen molar-refractivity contribution in [2.75, 3.05) is 19.5 Å². The number of amides is 2. The molecule has 0 aliphatic heterocycles. The number of carbonyl (C=O) groups excluding carboxylic acids is 3. The van der Waals surface area contributed by atoms with Gasteiger partial charge in [-0.05, 0) is 29.8 Å². The lowest BCUT2D eigenvalue weighted by atomic mass is 10.1. The molecule has 0 radical (unpaired) electrons. The second-order valence-electron chi connectivity index (χ2n) is 5.00. The number of benzene rings is 2. The van der Waals surface area contributed by atoms with E-state index in [9.17, 15) is 14.4 Å². The molecule has 0 aromatic heterocycles. The normalized spacial score (nSPS) is 10.2. The van der Waals surface area contributed by atoms with E-state index in [4.69, 9.17) is 4.74 Å². The number of hydrogen-bond donors (Lipinski definition) is 2. The van der Waals surface area contributed by atoms with Gasteiger partial charge in [0.15, 0.2) is 0 Å². The van der Waals surface area contributed by atoms with Gasteiger partial charge in [-0.3, -0.25) is 9.59 Å². The molecule has 0 fully saturated rings. The van der Waals surface area contributed by atoms with Crippen LogP contribution < -0.4 is 15.5 Å². The zero-order chi connectivity index (χ0) is 18.9. The van der Waals surface area contributed by atoms with Gasteiger partial charge in [0.2, 0.25) is 0 Å². The van der Waals surface area contributed by atoms with Crippen molar-refractivity contribution in [1.29, 1.82) is 0 Å². The minimum atomic E-state index is -0.921. The maximum Gasteiger partial charge on any atom is 0.337 e. The van der Waals surface area contributed by atoms with E-state index in [1.807, 2.05) is 0 Å². The summed E-state index contributed by atoms with van der Waals surface area (Å²) in [5.41, 5.74) is 3.57. The van der Waals surface area contributed by atoms with Crippen molar-refractivity contribution in [3.8, 4) is 5.75 Å². The lowest BCUT2D eigenvalue weighted by molar-refractivity contribution is -0.136. The molecule has 0 aliphatic rings. The minimum Gasteiger partial charge on any atom is -0.497 e. The highest BCUT2D eigenvalue weighted by Gasteiger charge is 2.13. The van der Waals surface area contributed by atoms with Gasteiger partial charge in [-0.15, -0.1) is 0 Å². The van der Waals surface area contributed by atoms with Gasteiger partial charge < -0.3 is 14.8 Å². The van der Waals surface area contributed by atoms with Crippen LogP contribution in [0.15, 0.2) is 53.6 Å². The van der Waals surface area contributed by atoms with E-state index in [1.54, 1.807) is 48.5 Å². The van der Waals surface area contributed by atoms with E-state index in [2.05, 4.69) is 20.6 Å². The van der Waals surface area contributed by atoms with E-state index in [1.165, 1.54) is 20.4 Å². The fraction of sp³-hybridized carbons (Fsp3) is 0.111. The number of esters is 1. The van der Waals surface area contributed by atoms with Gasteiger partial charge in [-0.25, -0.2) is 10.2 Å². The molecule has 0 saturated heterocycles. The molecule has 0 unspecified atom stereocenters. The highest BCUT2D eigenvalue weighted by molar-refractivity contribution is 6.39. The Morgan fingerprint density at radius 2 is 1.73 bits per heavy atom. The lowest BCUT2D eigenvalue weighted by Crippen LogP contribution is -2.32. The first kappa shape index (κ1) is 18.7. The molecule has 0 atom stereocenters. The average Bonchev–Trinajstić information content (AvgIpc) is 2.67. The second-order valence-corrected chi connectivity index (χ2v) is 5.00. The number of ether oxygens (including phenoxy) is 2. The quantitative estimate of drug-likeness (QED) is 0.366. The van der Waals surface area contributed by atoms with Gasteiger partial charge in [0, 0.05) is 11.8 Å². The number of hydrazone groups is 1. The van der Waals surface area contributed by atoms with Crippen LogP contribution in [0.4, 0.5) is 5.69 Å². The summed E-state index contributed by atoms with van der Waals surface area (Å²) in [6.45, 7) is 0. The average molecular weight is 355 g/mol. The Hall–Kier alpha value is -3.68. The number of nitrogens with zero attached hydrogens (tertiary/aromatic N) is 1. The first-order chi connectivity index (χ1) is 12.5. The van der Waals surface area contributed by atoms with Crippen molar-refractivity contribution in [1.82, 2.24) is 5.43 Å². The Bertz CT molecular complexity index is 831. The summed E-state index contributed by atoms with van der Waals surface area (Å²) in [7, 11) is 2.80. The summed E-state index contributed by atoms with van der Waals surface area (Å²) in [6.07, 6.45) is 1.35. The maximum absolute atomic E-state index is 11.8. The lowest BCUT2D eigenvalue weighted by Gasteiger charge is -2.05. The Morgan fingerprint density at radius 1 is 1.00 bits per heavy atom. The molecular formula is C18H17N3O5. The summed E-state index contributed by atoms with van der Waals surface area (Å²) < 4.78 is 9.63. The Kier molecular flexibility index (Phi) is 6.44. The minimum absolute atomic E-state index is 0.395. The number of nitrogens with one attached hydrogen (secondary N) is 2. The first-order valence-electron chi connectivity index (χ1n) is 7.50. The first-order valence-corrected chi connectivity index (χ1v) is 7.50. The molecule has 0 heterocycles. The van der Waals surface area contributed by atoms with E-state index >= 15 is 0 Å². The highest BCUT2D eigenvalue weighted by Crippen LogP contribution is 2.16. The third-order valence-electron chi connectivity index (χ3n) is 3.25. The van der Waals surface area contributed by atoms with Crippen LogP contribution in [-0.2, 0) is 14.3 Å². The number of carbonyl (C=O) groups is 3. The fourth-order valence-electron chi connectivity index (χ4n) is 1.93. The molecule has 134 valence electrons. The Morgan fingerprint density at radius 3 is 2.38 bits per heavy atom. The van der Waals surface area contributed by atoms with E-state index < -0.39 is 17.8 Å². The van der Waals surface area contributed by atoms with Crippen LogP contribution in [0.2, 0.25) is 0 Å². The van der Waals surface area contributed by atoms with Crippen molar-refractivity contribution in [2.24, 2.45) is 5.10 Å². The van der Waals surface area contributed by atoms with Crippen LogP contribution in [0.3, 0.4) is 0 Å². The molecule has 2 rings (SSSR count). The molecule has 0 spiro atoms. The van der Waals surface area contributed by atoms with Gasteiger partial charge >= 0.3 is 17.8 Å². The predicted octanol–water partition coefficient (Wildman–Crippen LogP) is 1.57. The third-order valence-corrected chi connectivity index (χ3v) is 3.25. The van der Waals surface area contributed by atoms with Crippen LogP contribution in [0.1, 0.15) is 15.9 Å². The number of anilines is 1. The Labute approximate surface area is 149 Å². The van der Waals surface area contributed by atoms with E-state index in [0.717, 1.165) is 0 Å². The van der Waals surface area contributed by atoms with Gasteiger partial charge in [0.05, 0.1) is 26.0 Å². The molecule has 0 aliphatic carbocycles. The molecule has 2 N–H and O–H groups in total. The molecular weight excluding hydrogens is 338 g/mol. The summed E-state index contributed by atoms with van der Waals surface area (Å²) >= 11 is 0. The molecule has 26 heavy (non-hydrogen) atoms. The molecule has 0 bridgehead atoms. The second kappa shape index (κ2) is 8.97. The van der Waals surface area contributed by atoms with Gasteiger partial charge in [0.25, 0.3) is 0 Å². The van der Waals surface area contributed by atoms with Gasteiger partial charge in [0.1, 0.15) is 5.75 Å². The van der Waals surface area contributed by atoms with Crippen LogP contribution in [0.25, 0.3) is 0 Å². The summed E-state index contributed by atoms with van der Waals surface area (Å²) in [5, 5.41) is 6.14. The zero-order valence-corrected chi connectivity index (χ0v) is 14.2. The van der Waals surface area contributed by atoms with Crippen molar-refractivity contribution in [3.63, 3.8) is 0 Å². The van der Waals surface area contributed by atoms with Crippen molar-refractivity contribution >= 4 is 29.7 Å². The smallest absolute Gasteiger partial charge is 0.337 e. The third kappa shape index (κ3) is 5.17. The molecule has 2 amide bonds. The summed E-state index contributed by atoms with van der Waals surface area (Å²) in [4.78, 5) is 34.9. The number of methoxy groups -OCH3 is 2. The fourth-order valence-corrected chi connectivity index (χ4v) is 1.93. The van der Waals surface area contributed by atoms with Crippen molar-refractivity contribution in [2.45, 2.75) is 0 Å². The summed E-state index contributed by atoms with van der Waals surface area (Å²) in [6, 6.07) is 13.0. The zero-order valence-electron chi connectivity index (χ0n) is 14.2. The monoisotopic (exact) mass is 355 g/mol. The van der Waals surface area contributed by atoms with Crippen LogP contribution >= 0.6 is 0 Å². The molecule has 8 heteroatoms. The number of hydrogen-bond acceptors (Lipinski definition) is 6. The molecule has 2 aromatic rings. The molecule has 2 aromatic carbocycles. The van der Waals surface area contributed by atoms with Crippen molar-refractivity contribution < 1.29 is 23.9 Å². The van der Waals surface area contributed by atoms with Gasteiger partial charge in [-0.1, -0.05) is 18.2 Å².